The fourth-order valence-corrected chi connectivity index (χ4v) is 2.16. The van der Waals surface area contributed by atoms with Gasteiger partial charge in [0.2, 0.25) is 0 Å². The van der Waals surface area contributed by atoms with E-state index in [1.165, 1.54) is 23.2 Å². The van der Waals surface area contributed by atoms with E-state index in [-0.39, 0.29) is 0 Å². The smallest absolute Gasteiger partial charge is 0.0649 e. The molecule has 82 valence electrons. The van der Waals surface area contributed by atoms with Crippen LogP contribution in [0.1, 0.15) is 17.5 Å². The van der Waals surface area contributed by atoms with Crippen LogP contribution in [0.3, 0.4) is 0 Å². The van der Waals surface area contributed by atoms with E-state index in [9.17, 15) is 0 Å². The number of nitrogens with zero attached hydrogens (tertiary/aromatic N) is 2. The highest BCUT2D eigenvalue weighted by Crippen LogP contribution is 2.24. The number of aryl methyl sites for hydroxylation is 2. The summed E-state index contributed by atoms with van der Waals surface area (Å²) >= 11 is 0. The lowest BCUT2D eigenvalue weighted by Crippen LogP contribution is -2.12. The molecule has 2 aromatic rings. The van der Waals surface area contributed by atoms with E-state index >= 15 is 0 Å². The largest absolute Gasteiger partial charge is 0.385 e. The third-order valence-corrected chi connectivity index (χ3v) is 3.00. The summed E-state index contributed by atoms with van der Waals surface area (Å²) in [6.45, 7) is 3.15. The van der Waals surface area contributed by atoms with Crippen LogP contribution >= 0.6 is 0 Å². The summed E-state index contributed by atoms with van der Waals surface area (Å²) in [7, 11) is 0. The first-order valence-corrected chi connectivity index (χ1v) is 5.71. The van der Waals surface area contributed by atoms with Gasteiger partial charge in [-0.15, -0.1) is 0 Å². The molecular formula is C13H15N3. The van der Waals surface area contributed by atoms with Gasteiger partial charge in [-0.3, -0.25) is 0 Å². The summed E-state index contributed by atoms with van der Waals surface area (Å²) in [4.78, 5) is 0. The van der Waals surface area contributed by atoms with E-state index in [0.717, 1.165) is 18.7 Å². The molecule has 0 saturated carbocycles. The molecule has 0 atom stereocenters. The topological polar surface area (TPSA) is 29.9 Å². The molecule has 3 heteroatoms. The number of hydrogen-bond donors (Lipinski definition) is 1. The third kappa shape index (κ3) is 1.58. The van der Waals surface area contributed by atoms with Crippen LogP contribution in [0.15, 0.2) is 30.6 Å². The molecule has 16 heavy (non-hydrogen) atoms. The standard InChI is InChI=1S/C13H15N3/c1-10-8-15-16(9-10)12-4-5-13-11(7-12)3-2-6-14-13/h4-5,7-9,14H,2-3,6H2,1H3. The second-order valence-corrected chi connectivity index (χ2v) is 4.33. The van der Waals surface area contributed by atoms with Crippen molar-refractivity contribution in [1.29, 1.82) is 0 Å². The quantitative estimate of drug-likeness (QED) is 0.789. The van der Waals surface area contributed by atoms with Gasteiger partial charge in [-0.25, -0.2) is 4.68 Å². The highest BCUT2D eigenvalue weighted by Gasteiger charge is 2.09. The molecule has 0 spiro atoms. The number of aromatic nitrogens is 2. The lowest BCUT2D eigenvalue weighted by molar-refractivity contribution is 0.821. The third-order valence-electron chi connectivity index (χ3n) is 3.00. The minimum atomic E-state index is 1.09. The Kier molecular flexibility index (Phi) is 2.17. The first kappa shape index (κ1) is 9.46. The Morgan fingerprint density at radius 1 is 1.38 bits per heavy atom. The molecule has 0 saturated heterocycles. The van der Waals surface area contributed by atoms with Crippen LogP contribution in [0.5, 0.6) is 0 Å². The molecule has 3 nitrogen and oxygen atoms in total. The first-order valence-electron chi connectivity index (χ1n) is 5.71. The van der Waals surface area contributed by atoms with Gasteiger partial charge in [0.1, 0.15) is 0 Å². The van der Waals surface area contributed by atoms with E-state index in [4.69, 9.17) is 0 Å². The van der Waals surface area contributed by atoms with E-state index < -0.39 is 0 Å². The van der Waals surface area contributed by atoms with Gasteiger partial charge in [0.05, 0.1) is 11.9 Å². The van der Waals surface area contributed by atoms with Crippen molar-refractivity contribution < 1.29 is 0 Å². The van der Waals surface area contributed by atoms with E-state index in [0.29, 0.717) is 0 Å². The number of rotatable bonds is 1. The Bertz CT molecular complexity index is 514. The number of nitrogens with one attached hydrogen (secondary N) is 1. The van der Waals surface area contributed by atoms with Crippen LogP contribution in [0.4, 0.5) is 5.69 Å². The predicted molar refractivity (Wildman–Crippen MR) is 65.1 cm³/mol. The summed E-state index contributed by atoms with van der Waals surface area (Å²) in [5.41, 5.74) is 5.02. The maximum atomic E-state index is 4.33. The van der Waals surface area contributed by atoms with Gasteiger partial charge in [-0.05, 0) is 49.1 Å². The fraction of sp³-hybridized carbons (Fsp3) is 0.308. The normalized spacial score (nSPS) is 14.3. The monoisotopic (exact) mass is 213 g/mol. The molecule has 1 aromatic heterocycles. The molecular weight excluding hydrogens is 198 g/mol. The Labute approximate surface area is 95.1 Å². The number of benzene rings is 1. The van der Waals surface area contributed by atoms with Crippen molar-refractivity contribution in [2.24, 2.45) is 0 Å². The second kappa shape index (κ2) is 3.67. The molecule has 1 aliphatic rings. The summed E-state index contributed by atoms with van der Waals surface area (Å²) < 4.78 is 1.93. The summed E-state index contributed by atoms with van der Waals surface area (Å²) in [5, 5.41) is 7.75. The van der Waals surface area contributed by atoms with Gasteiger partial charge in [0.25, 0.3) is 0 Å². The Morgan fingerprint density at radius 2 is 2.31 bits per heavy atom. The van der Waals surface area contributed by atoms with Crippen molar-refractivity contribution >= 4 is 5.69 Å². The summed E-state index contributed by atoms with van der Waals surface area (Å²) in [6.07, 6.45) is 6.32. The lowest BCUT2D eigenvalue weighted by atomic mass is 10.0. The molecule has 1 aromatic carbocycles. The molecule has 2 heterocycles. The van der Waals surface area contributed by atoms with Crippen molar-refractivity contribution in [3.63, 3.8) is 0 Å². The van der Waals surface area contributed by atoms with Crippen LogP contribution in [0, 0.1) is 6.92 Å². The highest BCUT2D eigenvalue weighted by molar-refractivity contribution is 5.57. The zero-order valence-corrected chi connectivity index (χ0v) is 9.40. The van der Waals surface area contributed by atoms with Crippen molar-refractivity contribution in [3.8, 4) is 5.69 Å². The Morgan fingerprint density at radius 3 is 3.12 bits per heavy atom. The molecule has 0 radical (unpaired) electrons. The van der Waals surface area contributed by atoms with Crippen molar-refractivity contribution in [2.75, 3.05) is 11.9 Å². The van der Waals surface area contributed by atoms with Gasteiger partial charge < -0.3 is 5.32 Å². The number of fused-ring (bicyclic) bond motifs is 1. The minimum absolute atomic E-state index is 1.09. The van der Waals surface area contributed by atoms with Crippen LogP contribution < -0.4 is 5.32 Å². The van der Waals surface area contributed by atoms with E-state index in [2.05, 4.69) is 41.7 Å². The summed E-state index contributed by atoms with van der Waals surface area (Å²) in [5.74, 6) is 0. The zero-order chi connectivity index (χ0) is 11.0. The van der Waals surface area contributed by atoms with Crippen LogP contribution in [0.25, 0.3) is 5.69 Å². The average Bonchev–Trinajstić information content (AvgIpc) is 2.75. The van der Waals surface area contributed by atoms with E-state index in [1.54, 1.807) is 0 Å². The molecule has 1 N–H and O–H groups in total. The van der Waals surface area contributed by atoms with Gasteiger partial charge in [0, 0.05) is 18.4 Å². The molecule has 0 amide bonds. The van der Waals surface area contributed by atoms with Gasteiger partial charge in [-0.1, -0.05) is 0 Å². The second-order valence-electron chi connectivity index (χ2n) is 4.33. The maximum absolute atomic E-state index is 4.33. The van der Waals surface area contributed by atoms with Crippen LogP contribution in [0.2, 0.25) is 0 Å². The Balaban J connectivity index is 2.02. The zero-order valence-electron chi connectivity index (χ0n) is 9.40. The number of hydrogen-bond acceptors (Lipinski definition) is 2. The molecule has 0 unspecified atom stereocenters. The molecule has 0 fully saturated rings. The van der Waals surface area contributed by atoms with Gasteiger partial charge >= 0.3 is 0 Å². The van der Waals surface area contributed by atoms with Gasteiger partial charge in [0.15, 0.2) is 0 Å². The predicted octanol–water partition coefficient (Wildman–Crippen LogP) is 2.54. The first-order chi connectivity index (χ1) is 7.83. The molecule has 3 rings (SSSR count). The average molecular weight is 213 g/mol. The van der Waals surface area contributed by atoms with Crippen molar-refractivity contribution in [1.82, 2.24) is 9.78 Å². The SMILES string of the molecule is Cc1cnn(-c2ccc3c(c2)CCCN3)c1. The molecule has 0 aliphatic carbocycles. The Hall–Kier alpha value is -1.77. The van der Waals surface area contributed by atoms with Gasteiger partial charge in [-0.2, -0.15) is 5.10 Å². The number of anilines is 1. The molecule has 1 aliphatic heterocycles. The van der Waals surface area contributed by atoms with Crippen LogP contribution in [-0.2, 0) is 6.42 Å². The lowest BCUT2D eigenvalue weighted by Gasteiger charge is -2.18. The van der Waals surface area contributed by atoms with Crippen LogP contribution in [-0.4, -0.2) is 16.3 Å². The van der Waals surface area contributed by atoms with Crippen molar-refractivity contribution in [3.05, 3.63) is 41.7 Å². The minimum Gasteiger partial charge on any atom is -0.385 e. The van der Waals surface area contributed by atoms with Crippen molar-refractivity contribution in [2.45, 2.75) is 19.8 Å². The summed E-state index contributed by atoms with van der Waals surface area (Å²) in [6, 6.07) is 6.50. The molecule has 0 bridgehead atoms. The van der Waals surface area contributed by atoms with E-state index in [1.807, 2.05) is 10.9 Å². The highest BCUT2D eigenvalue weighted by atomic mass is 15.3. The fourth-order valence-electron chi connectivity index (χ4n) is 2.16. The maximum Gasteiger partial charge on any atom is 0.0649 e.